The van der Waals surface area contributed by atoms with Crippen LogP contribution in [-0.2, 0) is 15.7 Å². The van der Waals surface area contributed by atoms with Crippen LogP contribution in [0.2, 0.25) is 0 Å². The molecule has 339 valence electrons. The predicted molar refractivity (Wildman–Crippen MR) is 248 cm³/mol. The Labute approximate surface area is 386 Å². The second-order valence-corrected chi connectivity index (χ2v) is 18.0. The van der Waals surface area contributed by atoms with Gasteiger partial charge in [-0.05, 0) is 69.9 Å². The van der Waals surface area contributed by atoms with Crippen molar-refractivity contribution in [3.8, 4) is 5.75 Å². The van der Waals surface area contributed by atoms with Crippen LogP contribution in [0, 0.1) is 101 Å². The molecule has 1 aliphatic carbocycles. The molecule has 1 N–H and O–H groups in total. The average molecular weight is 994 g/mol. The Bertz CT molecular complexity index is 2800. The maximum absolute atomic E-state index is 13.4. The second-order valence-electron chi connectivity index (χ2n) is 15.9. The number of hydrogen-bond acceptors (Lipinski definition) is 6. The van der Waals surface area contributed by atoms with Crippen molar-refractivity contribution in [2.24, 2.45) is 4.99 Å². The van der Waals surface area contributed by atoms with Gasteiger partial charge in [0.1, 0.15) is 11.4 Å². The number of aliphatic imine (C=N–C) groups is 1. The van der Waals surface area contributed by atoms with E-state index in [1.165, 1.54) is 82.3 Å². The van der Waals surface area contributed by atoms with Crippen LogP contribution in [0.3, 0.4) is 0 Å². The van der Waals surface area contributed by atoms with Crippen molar-refractivity contribution >= 4 is 48.3 Å². The summed E-state index contributed by atoms with van der Waals surface area (Å²) in [6, 6.07) is 26.8. The summed E-state index contributed by atoms with van der Waals surface area (Å²) in [5.41, 5.74) is 16.5. The Morgan fingerprint density at radius 3 is 1.68 bits per heavy atom. The quantitative estimate of drug-likeness (QED) is 0.0263. The van der Waals surface area contributed by atoms with Crippen LogP contribution in [-0.4, -0.2) is 33.4 Å². The van der Waals surface area contributed by atoms with Gasteiger partial charge >= 0.3 is 125 Å². The number of nitro benzene ring substituents is 1. The molecule has 6 aromatic rings. The average Bonchev–Trinajstić information content (AvgIpc) is 3.88. The molecule has 0 unspecified atom stereocenters. The van der Waals surface area contributed by atoms with Crippen LogP contribution in [0.15, 0.2) is 96.0 Å². The van der Waals surface area contributed by atoms with Crippen LogP contribution >= 0.6 is 9.69 Å². The summed E-state index contributed by atoms with van der Waals surface area (Å²) in [4.78, 5) is 17.7. The van der Waals surface area contributed by atoms with E-state index in [1.54, 1.807) is 0 Å². The van der Waals surface area contributed by atoms with Gasteiger partial charge < -0.3 is 14.9 Å². The number of allylic oxidation sites excluding steroid dienone is 1. The van der Waals surface area contributed by atoms with E-state index in [0.717, 1.165) is 31.3 Å². The summed E-state index contributed by atoms with van der Waals surface area (Å²) in [6.45, 7) is 21.9. The summed E-state index contributed by atoms with van der Waals surface area (Å²) in [5.74, 6) is -11.6. The van der Waals surface area contributed by atoms with Gasteiger partial charge in [-0.1, -0.05) is 35.4 Å². The van der Waals surface area contributed by atoms with Gasteiger partial charge in [0, 0.05) is 48.4 Å². The van der Waals surface area contributed by atoms with Crippen molar-refractivity contribution in [1.82, 2.24) is 0 Å². The Kier molecular flexibility index (Phi) is 15.2. The molecule has 7 nitrogen and oxygen atoms in total. The number of aryl methyl sites for hydroxylation is 8. The third-order valence-corrected chi connectivity index (χ3v) is 12.9. The zero-order chi connectivity index (χ0) is 47.4. The number of hydrogen-bond donors (Lipinski definition) is 1. The van der Waals surface area contributed by atoms with Crippen molar-refractivity contribution in [2.75, 3.05) is 22.9 Å². The molecule has 6 aromatic carbocycles. The Hall–Kier alpha value is -6.04. The standard InChI is InChI=1S/C21H27N2.C17H14.C13H5F5N2O3.ClH.Ru/c1-14-9-16(3)20(17(4)10-14)22-7-8-23(13-22)21-18(5)11-15(2)12-19(21)6;1-12-6-3-4-9-15(12)16-11-10-14-8-5-7-13(2)17(14)16;14-8-9(15)11(17)13(12(18)10(8)16)19-4-5-3-6(20(22)23)1-2-7(5)21;;/h9-13H,7-8H2,1-6H3;3-9,11H,1-2H3;1-4,21H;1H;/q-1;;;;+1/p-1. The Balaban J connectivity index is 0.000000162. The molecule has 0 spiro atoms. The maximum Gasteiger partial charge on any atom is 0.270 e. The maximum atomic E-state index is 13.4. The molecule has 1 heterocycles. The third-order valence-electron chi connectivity index (χ3n) is 11.0. The number of phenolic OH excluding ortho intramolecular Hbond substituents is 1. The van der Waals surface area contributed by atoms with E-state index in [9.17, 15) is 37.2 Å². The van der Waals surface area contributed by atoms with E-state index in [4.69, 9.17) is 9.69 Å². The van der Waals surface area contributed by atoms with E-state index in [-0.39, 0.29) is 21.2 Å². The largest absolute Gasteiger partial charge is 0.507 e. The number of rotatable bonds is 6. The monoisotopic (exact) mass is 994 g/mol. The van der Waals surface area contributed by atoms with Crippen molar-refractivity contribution in [1.29, 1.82) is 0 Å². The van der Waals surface area contributed by atoms with Crippen molar-refractivity contribution < 1.29 is 47.7 Å². The summed E-state index contributed by atoms with van der Waals surface area (Å²) in [6.07, 6.45) is 2.83. The summed E-state index contributed by atoms with van der Waals surface area (Å²) in [5, 5.41) is 20.1. The first-order valence-electron chi connectivity index (χ1n) is 20.4. The molecule has 0 aromatic heterocycles. The Morgan fingerprint density at radius 1 is 0.677 bits per heavy atom. The first kappa shape index (κ1) is 48.4. The van der Waals surface area contributed by atoms with E-state index >= 15 is 0 Å². The normalized spacial score (nSPS) is 13.8. The third kappa shape index (κ3) is 10.4. The Morgan fingerprint density at radius 2 is 1.17 bits per heavy atom. The minimum absolute atomic E-state index is 0.237. The number of nitrogens with zero attached hydrogens (tertiary/aromatic N) is 4. The zero-order valence-corrected chi connectivity index (χ0v) is 39.4. The topological polar surface area (TPSA) is 82.2 Å². The summed E-state index contributed by atoms with van der Waals surface area (Å²) >= 11 is -0.237. The molecule has 1 fully saturated rings. The molecule has 1 saturated heterocycles. The summed E-state index contributed by atoms with van der Waals surface area (Å²) in [7, 11) is 6.19. The fourth-order valence-electron chi connectivity index (χ4n) is 8.32. The smallest absolute Gasteiger partial charge is 0.270 e. The van der Waals surface area contributed by atoms with Crippen LogP contribution in [0.25, 0.3) is 5.57 Å². The van der Waals surface area contributed by atoms with Crippen LogP contribution in [0.1, 0.15) is 66.8 Å². The fraction of sp³-hybridized carbons (Fsp3) is 0.196. The van der Waals surface area contributed by atoms with Crippen LogP contribution in [0.5, 0.6) is 5.75 Å². The molecule has 0 atom stereocenters. The molecule has 1 aliphatic heterocycles. The van der Waals surface area contributed by atoms with E-state index < -0.39 is 51.1 Å². The van der Waals surface area contributed by atoms with Crippen LogP contribution in [0.4, 0.5) is 44.7 Å². The van der Waals surface area contributed by atoms with Gasteiger partial charge in [0.15, 0.2) is 23.3 Å². The van der Waals surface area contributed by atoms with Gasteiger partial charge in [0.05, 0.1) is 4.92 Å². The zero-order valence-electron chi connectivity index (χ0n) is 36.9. The first-order chi connectivity index (χ1) is 30.8. The molecule has 0 bridgehead atoms. The molecule has 0 amide bonds. The van der Waals surface area contributed by atoms with E-state index in [2.05, 4.69) is 150 Å². The number of aromatic hydroxyl groups is 1. The molecule has 2 aliphatic rings. The molecular formula is C51H46ClF5N4O3Ru-. The molecule has 0 radical (unpaired) electrons. The minimum Gasteiger partial charge on any atom is -0.507 e. The van der Waals surface area contributed by atoms with Gasteiger partial charge in [-0.2, -0.15) is 6.67 Å². The number of anilines is 2. The second kappa shape index (κ2) is 20.4. The van der Waals surface area contributed by atoms with Gasteiger partial charge in [-0.15, -0.1) is 0 Å². The molecule has 14 heteroatoms. The molecular weight excluding hydrogens is 948 g/mol. The SMILES string of the molecule is Cc1cc(C)c(N2[CH-]N(c3c(C)cc(C)cc3C)CC2)c(C)c1.Cc1ccccc1C1=C[C](=[Ru][Cl])c2cccc(C)c21.O=[N+]([O-])c1ccc(O)c(C=Nc2c(F)c(F)c(F)c(F)c2F)c1. The van der Waals surface area contributed by atoms with E-state index in [1.807, 2.05) is 0 Å². The predicted octanol–water partition coefficient (Wildman–Crippen LogP) is 13.2. The van der Waals surface area contributed by atoms with Gasteiger partial charge in [0.25, 0.3) is 5.69 Å². The number of fused-ring (bicyclic) bond motifs is 1. The van der Waals surface area contributed by atoms with E-state index in [0.29, 0.717) is 6.21 Å². The van der Waals surface area contributed by atoms with Gasteiger partial charge in [-0.25, -0.2) is 26.9 Å². The van der Waals surface area contributed by atoms with Crippen molar-refractivity contribution in [2.45, 2.75) is 55.4 Å². The summed E-state index contributed by atoms with van der Waals surface area (Å²) < 4.78 is 67.0. The van der Waals surface area contributed by atoms with Gasteiger partial charge in [-0.3, -0.25) is 10.1 Å². The number of phenols is 1. The van der Waals surface area contributed by atoms with Crippen molar-refractivity contribution in [3.05, 3.63) is 204 Å². The van der Waals surface area contributed by atoms with Crippen molar-refractivity contribution in [3.63, 3.8) is 0 Å². The number of non-ortho nitro benzene ring substituents is 1. The minimum atomic E-state index is -2.34. The van der Waals surface area contributed by atoms with Crippen LogP contribution < -0.4 is 9.80 Å². The number of halogens is 6. The molecule has 65 heavy (non-hydrogen) atoms. The number of nitro groups is 1. The van der Waals surface area contributed by atoms with Gasteiger partial charge in [0.2, 0.25) is 5.82 Å². The molecule has 8 rings (SSSR count). The number of benzene rings is 6. The molecule has 0 saturated carbocycles. The fourth-order valence-corrected chi connectivity index (χ4v) is 9.86. The first-order valence-corrected chi connectivity index (χ1v) is 23.5.